The number of carboxylic acid groups (broad SMARTS) is 1. The van der Waals surface area contributed by atoms with Crippen LogP contribution in [0.1, 0.15) is 25.7 Å². The van der Waals surface area contributed by atoms with Gasteiger partial charge in [0.1, 0.15) is 0 Å². The quantitative estimate of drug-likeness (QED) is 0.630. The minimum Gasteiger partial charge on any atom is -0.481 e. The van der Waals surface area contributed by atoms with Crippen molar-refractivity contribution in [3.05, 3.63) is 0 Å². The highest BCUT2D eigenvalue weighted by Crippen LogP contribution is 2.40. The number of carbonyl (C=O) groups excluding carboxylic acids is 1. The average Bonchev–Trinajstić information content (AvgIpc) is 2.28. The summed E-state index contributed by atoms with van der Waals surface area (Å²) in [5.41, 5.74) is -0.716. The van der Waals surface area contributed by atoms with Crippen LogP contribution in [0.5, 0.6) is 0 Å². The monoisotopic (exact) mass is 256 g/mol. The summed E-state index contributed by atoms with van der Waals surface area (Å²) >= 11 is 0. The van der Waals surface area contributed by atoms with Crippen molar-refractivity contribution >= 4 is 11.9 Å². The predicted molar refractivity (Wildman–Crippen MR) is 64.2 cm³/mol. The summed E-state index contributed by atoms with van der Waals surface area (Å²) in [4.78, 5) is 22.8. The molecule has 0 aromatic rings. The van der Waals surface area contributed by atoms with E-state index < -0.39 is 11.4 Å². The first-order valence-electron chi connectivity index (χ1n) is 6.44. The van der Waals surface area contributed by atoms with Gasteiger partial charge in [0, 0.05) is 25.6 Å². The molecule has 1 amide bonds. The summed E-state index contributed by atoms with van der Waals surface area (Å²) in [5, 5.41) is 15.1. The van der Waals surface area contributed by atoms with Crippen LogP contribution < -0.4 is 10.6 Å². The normalized spacial score (nSPS) is 26.1. The Labute approximate surface area is 106 Å². The molecule has 2 rings (SSSR count). The molecule has 6 heteroatoms. The van der Waals surface area contributed by atoms with Gasteiger partial charge in [-0.2, -0.15) is 0 Å². The zero-order valence-electron chi connectivity index (χ0n) is 10.4. The van der Waals surface area contributed by atoms with Crippen molar-refractivity contribution in [2.24, 2.45) is 5.41 Å². The molecular formula is C12H20N2O4. The number of hydrogen-bond acceptors (Lipinski definition) is 4. The zero-order valence-corrected chi connectivity index (χ0v) is 10.4. The van der Waals surface area contributed by atoms with Crippen LogP contribution in [0.4, 0.5) is 0 Å². The van der Waals surface area contributed by atoms with Crippen molar-refractivity contribution in [2.45, 2.75) is 31.7 Å². The second kappa shape index (κ2) is 5.67. The van der Waals surface area contributed by atoms with E-state index in [4.69, 9.17) is 9.84 Å². The van der Waals surface area contributed by atoms with Crippen LogP contribution in [-0.2, 0) is 14.3 Å². The highest BCUT2D eigenvalue weighted by Gasteiger charge is 2.44. The number of rotatable bonds is 5. The molecule has 102 valence electrons. The fourth-order valence-corrected chi connectivity index (χ4v) is 2.38. The Morgan fingerprint density at radius 2 is 2.22 bits per heavy atom. The van der Waals surface area contributed by atoms with E-state index in [-0.39, 0.29) is 18.5 Å². The molecule has 3 N–H and O–H groups in total. The highest BCUT2D eigenvalue weighted by atomic mass is 16.5. The van der Waals surface area contributed by atoms with Gasteiger partial charge in [0.05, 0.1) is 18.6 Å². The molecular weight excluding hydrogens is 236 g/mol. The van der Waals surface area contributed by atoms with Crippen LogP contribution in [0.2, 0.25) is 0 Å². The maximum atomic E-state index is 11.7. The molecule has 1 heterocycles. The third-order valence-electron chi connectivity index (χ3n) is 3.82. The van der Waals surface area contributed by atoms with E-state index in [0.29, 0.717) is 32.5 Å². The molecule has 18 heavy (non-hydrogen) atoms. The molecule has 1 aliphatic carbocycles. The maximum absolute atomic E-state index is 11.7. The van der Waals surface area contributed by atoms with Gasteiger partial charge in [-0.1, -0.05) is 6.42 Å². The van der Waals surface area contributed by atoms with Crippen LogP contribution in [0, 0.1) is 5.41 Å². The lowest BCUT2D eigenvalue weighted by molar-refractivity contribution is -0.154. The molecule has 1 saturated carbocycles. The lowest BCUT2D eigenvalue weighted by Crippen LogP contribution is -2.49. The minimum atomic E-state index is -0.798. The third-order valence-corrected chi connectivity index (χ3v) is 3.82. The van der Waals surface area contributed by atoms with Gasteiger partial charge < -0.3 is 20.5 Å². The van der Waals surface area contributed by atoms with E-state index >= 15 is 0 Å². The number of amides is 1. The standard InChI is InChI=1S/C12H20N2O4/c15-10(6-9-7-18-5-4-13-9)14-8-12(11(16)17)2-1-3-12/h9,13H,1-8H2,(H,14,15)(H,16,17). The van der Waals surface area contributed by atoms with Crippen LogP contribution in [0.15, 0.2) is 0 Å². The number of carboxylic acids is 1. The van der Waals surface area contributed by atoms with Gasteiger partial charge in [0.15, 0.2) is 0 Å². The number of morpholine rings is 1. The fourth-order valence-electron chi connectivity index (χ4n) is 2.38. The van der Waals surface area contributed by atoms with Gasteiger partial charge in [-0.3, -0.25) is 9.59 Å². The largest absolute Gasteiger partial charge is 0.481 e. The van der Waals surface area contributed by atoms with E-state index in [2.05, 4.69) is 10.6 Å². The number of ether oxygens (including phenoxy) is 1. The second-order valence-corrected chi connectivity index (χ2v) is 5.15. The molecule has 0 aromatic carbocycles. The van der Waals surface area contributed by atoms with Crippen molar-refractivity contribution in [3.63, 3.8) is 0 Å². The summed E-state index contributed by atoms with van der Waals surface area (Å²) in [6.07, 6.45) is 2.59. The molecule has 0 radical (unpaired) electrons. The first-order valence-corrected chi connectivity index (χ1v) is 6.44. The van der Waals surface area contributed by atoms with Crippen molar-refractivity contribution in [1.29, 1.82) is 0 Å². The molecule has 6 nitrogen and oxygen atoms in total. The van der Waals surface area contributed by atoms with Crippen LogP contribution >= 0.6 is 0 Å². The molecule has 1 atom stereocenters. The molecule has 0 aromatic heterocycles. The summed E-state index contributed by atoms with van der Waals surface area (Å²) in [7, 11) is 0. The highest BCUT2D eigenvalue weighted by molar-refractivity contribution is 5.80. The van der Waals surface area contributed by atoms with Gasteiger partial charge in [-0.05, 0) is 12.8 Å². The average molecular weight is 256 g/mol. The predicted octanol–water partition coefficient (Wildman–Crippen LogP) is -0.264. The molecule has 1 unspecified atom stereocenters. The molecule has 0 spiro atoms. The first-order chi connectivity index (χ1) is 8.62. The Balaban J connectivity index is 1.72. The Hall–Kier alpha value is -1.14. The number of nitrogens with one attached hydrogen (secondary N) is 2. The fraction of sp³-hybridized carbons (Fsp3) is 0.833. The smallest absolute Gasteiger partial charge is 0.311 e. The van der Waals surface area contributed by atoms with Crippen LogP contribution in [0.3, 0.4) is 0 Å². The van der Waals surface area contributed by atoms with Gasteiger partial charge in [0.2, 0.25) is 5.91 Å². The van der Waals surface area contributed by atoms with E-state index in [1.54, 1.807) is 0 Å². The molecule has 1 aliphatic heterocycles. The third kappa shape index (κ3) is 3.00. The Bertz CT molecular complexity index is 322. The molecule has 0 bridgehead atoms. The zero-order chi connectivity index (χ0) is 13.0. The van der Waals surface area contributed by atoms with Crippen molar-refractivity contribution in [2.75, 3.05) is 26.3 Å². The summed E-state index contributed by atoms with van der Waals surface area (Å²) in [6, 6.07) is 0.0425. The summed E-state index contributed by atoms with van der Waals surface area (Å²) < 4.78 is 5.26. The molecule has 1 saturated heterocycles. The Morgan fingerprint density at radius 3 is 2.72 bits per heavy atom. The van der Waals surface area contributed by atoms with Crippen molar-refractivity contribution in [3.8, 4) is 0 Å². The summed E-state index contributed by atoms with van der Waals surface area (Å²) in [5.74, 6) is -0.904. The minimum absolute atomic E-state index is 0.0425. The van der Waals surface area contributed by atoms with Crippen LogP contribution in [0.25, 0.3) is 0 Å². The van der Waals surface area contributed by atoms with Gasteiger partial charge >= 0.3 is 5.97 Å². The number of hydrogen-bond donors (Lipinski definition) is 3. The Kier molecular flexibility index (Phi) is 4.19. The lowest BCUT2D eigenvalue weighted by atomic mass is 9.69. The molecule has 2 fully saturated rings. The van der Waals surface area contributed by atoms with Gasteiger partial charge in [0.25, 0.3) is 0 Å². The van der Waals surface area contributed by atoms with Gasteiger partial charge in [-0.25, -0.2) is 0 Å². The van der Waals surface area contributed by atoms with E-state index in [0.717, 1.165) is 13.0 Å². The SMILES string of the molecule is O=C(CC1COCCN1)NCC1(C(=O)O)CCC1. The van der Waals surface area contributed by atoms with Crippen molar-refractivity contribution in [1.82, 2.24) is 10.6 Å². The van der Waals surface area contributed by atoms with Gasteiger partial charge in [-0.15, -0.1) is 0 Å². The summed E-state index contributed by atoms with van der Waals surface area (Å²) in [6.45, 7) is 2.23. The van der Waals surface area contributed by atoms with E-state index in [9.17, 15) is 9.59 Å². The maximum Gasteiger partial charge on any atom is 0.311 e. The Morgan fingerprint density at radius 1 is 1.44 bits per heavy atom. The van der Waals surface area contributed by atoms with E-state index in [1.807, 2.05) is 0 Å². The first kappa shape index (κ1) is 13.3. The van der Waals surface area contributed by atoms with Crippen LogP contribution in [-0.4, -0.2) is 49.3 Å². The number of carbonyl (C=O) groups is 2. The van der Waals surface area contributed by atoms with E-state index in [1.165, 1.54) is 0 Å². The van der Waals surface area contributed by atoms with Crippen molar-refractivity contribution < 1.29 is 19.4 Å². The number of aliphatic carboxylic acids is 1. The lowest BCUT2D eigenvalue weighted by Gasteiger charge is -2.37. The second-order valence-electron chi connectivity index (χ2n) is 5.15. The topological polar surface area (TPSA) is 87.7 Å². The molecule has 2 aliphatic rings.